The highest BCUT2D eigenvalue weighted by atomic mass is 35.5. The molecule has 8 heteroatoms. The molecule has 1 N–H and O–H groups in total. The van der Waals surface area contributed by atoms with Crippen LogP contribution in [0.25, 0.3) is 0 Å². The zero-order chi connectivity index (χ0) is 17.5. The molecule has 1 heterocycles. The number of carbonyl (C=O) groups is 1. The van der Waals surface area contributed by atoms with Crippen molar-refractivity contribution in [2.24, 2.45) is 4.99 Å². The number of carboxylic acid groups (broad SMARTS) is 1. The molecule has 0 spiro atoms. The van der Waals surface area contributed by atoms with E-state index >= 15 is 0 Å². The van der Waals surface area contributed by atoms with Gasteiger partial charge < -0.3 is 14.6 Å². The fourth-order valence-electron chi connectivity index (χ4n) is 1.56. The van der Waals surface area contributed by atoms with Crippen LogP contribution in [0.1, 0.15) is 0 Å². The second-order valence-corrected chi connectivity index (χ2v) is 5.14. The normalized spacial score (nSPS) is 12.0. The Morgan fingerprint density at radius 3 is 2.38 bits per heavy atom. The number of aliphatic imine (C=N–C) groups is 1. The van der Waals surface area contributed by atoms with Crippen LogP contribution >= 0.6 is 23.2 Å². The highest BCUT2D eigenvalue weighted by Gasteiger charge is 2.07. The molecule has 2 aromatic rings. The zero-order valence-corrected chi connectivity index (χ0v) is 14.0. The van der Waals surface area contributed by atoms with Crippen LogP contribution in [0.4, 0.5) is 5.69 Å². The van der Waals surface area contributed by atoms with Gasteiger partial charge in [-0.3, -0.25) is 4.99 Å². The second-order valence-electron chi connectivity index (χ2n) is 4.36. The van der Waals surface area contributed by atoms with Gasteiger partial charge in [0.2, 0.25) is 5.88 Å². The van der Waals surface area contributed by atoms with Crippen LogP contribution in [0.15, 0.2) is 57.7 Å². The van der Waals surface area contributed by atoms with E-state index in [2.05, 4.69) is 9.98 Å². The zero-order valence-electron chi connectivity index (χ0n) is 12.4. The molecular weight excluding hydrogens is 355 g/mol. The van der Waals surface area contributed by atoms with E-state index in [0.717, 1.165) is 12.0 Å². The number of rotatable bonds is 6. The third-order valence-electron chi connectivity index (χ3n) is 2.73. The summed E-state index contributed by atoms with van der Waals surface area (Å²) in [6.45, 7) is 0. The molecule has 0 fully saturated rings. The minimum absolute atomic E-state index is 0.178. The third kappa shape index (κ3) is 4.97. The van der Waals surface area contributed by atoms with E-state index < -0.39 is 11.0 Å². The van der Waals surface area contributed by atoms with E-state index in [1.165, 1.54) is 6.20 Å². The van der Waals surface area contributed by atoms with Crippen molar-refractivity contribution in [3.05, 3.63) is 52.7 Å². The smallest absolute Gasteiger partial charge is 0.348 e. The number of carboxylic acids is 1. The highest BCUT2D eigenvalue weighted by molar-refractivity contribution is 6.51. The summed E-state index contributed by atoms with van der Waals surface area (Å²) in [6, 6.07) is 10.3. The summed E-state index contributed by atoms with van der Waals surface area (Å²) in [5.74, 6) is 0.391. The molecule has 0 radical (unpaired) electrons. The topological polar surface area (TPSA) is 81.0 Å². The third-order valence-corrected chi connectivity index (χ3v) is 3.48. The maximum atomic E-state index is 10.6. The lowest BCUT2D eigenvalue weighted by Crippen LogP contribution is -1.96. The van der Waals surface area contributed by atoms with E-state index in [1.807, 2.05) is 0 Å². The van der Waals surface area contributed by atoms with Crippen molar-refractivity contribution in [1.82, 2.24) is 4.98 Å². The molecule has 0 unspecified atom stereocenters. The molecule has 124 valence electrons. The van der Waals surface area contributed by atoms with Crippen LogP contribution in [0.2, 0.25) is 0 Å². The molecule has 6 nitrogen and oxygen atoms in total. The average molecular weight is 367 g/mol. The van der Waals surface area contributed by atoms with Crippen molar-refractivity contribution in [2.75, 3.05) is 7.11 Å². The van der Waals surface area contributed by atoms with E-state index in [-0.39, 0.29) is 5.03 Å². The van der Waals surface area contributed by atoms with Gasteiger partial charge in [-0.1, -0.05) is 23.2 Å². The van der Waals surface area contributed by atoms with Crippen molar-refractivity contribution in [3.63, 3.8) is 0 Å². The van der Waals surface area contributed by atoms with Gasteiger partial charge in [0.25, 0.3) is 0 Å². The Bertz CT molecular complexity index is 772. The number of nitrogens with zero attached hydrogens (tertiary/aromatic N) is 2. The monoisotopic (exact) mass is 366 g/mol. The molecule has 0 atom stereocenters. The van der Waals surface area contributed by atoms with Crippen LogP contribution in [0.5, 0.6) is 17.4 Å². The summed E-state index contributed by atoms with van der Waals surface area (Å²) in [7, 11) is 1.59. The largest absolute Gasteiger partial charge is 0.497 e. The molecule has 0 amide bonds. The minimum Gasteiger partial charge on any atom is -0.497 e. The average Bonchev–Trinajstić information content (AvgIpc) is 2.60. The van der Waals surface area contributed by atoms with Gasteiger partial charge in [0.05, 0.1) is 24.0 Å². The Hall–Kier alpha value is -2.57. The number of halogens is 2. The van der Waals surface area contributed by atoms with Crippen molar-refractivity contribution in [3.8, 4) is 17.4 Å². The van der Waals surface area contributed by atoms with Crippen LogP contribution in [-0.2, 0) is 4.79 Å². The second kappa shape index (κ2) is 8.33. The first-order chi connectivity index (χ1) is 11.5. The van der Waals surface area contributed by atoms with E-state index in [4.69, 9.17) is 37.8 Å². The Balaban J connectivity index is 2.04. The number of aromatic nitrogens is 1. The van der Waals surface area contributed by atoms with Gasteiger partial charge in [0.15, 0.2) is 0 Å². The number of hydrogen-bond acceptors (Lipinski definition) is 5. The number of benzene rings is 1. The predicted molar refractivity (Wildman–Crippen MR) is 91.8 cm³/mol. The van der Waals surface area contributed by atoms with Crippen LogP contribution in [-0.4, -0.2) is 29.4 Å². The Kier molecular flexibility index (Phi) is 6.17. The summed E-state index contributed by atoms with van der Waals surface area (Å²) in [5.41, 5.74) is 0.463. The Labute approximate surface area is 148 Å². The molecule has 0 saturated heterocycles. The number of hydrogen-bond donors (Lipinski definition) is 1. The quantitative estimate of drug-likeness (QED) is 0.606. The first-order valence-corrected chi connectivity index (χ1v) is 7.36. The van der Waals surface area contributed by atoms with Gasteiger partial charge in [-0.2, -0.15) is 0 Å². The lowest BCUT2D eigenvalue weighted by atomic mass is 10.3. The number of methoxy groups -OCH3 is 1. The maximum Gasteiger partial charge on any atom is 0.348 e. The molecule has 2 rings (SSSR count). The van der Waals surface area contributed by atoms with Crippen LogP contribution < -0.4 is 9.47 Å². The molecule has 24 heavy (non-hydrogen) atoms. The fraction of sp³-hybridized carbons (Fsp3) is 0.0625. The van der Waals surface area contributed by atoms with Crippen molar-refractivity contribution in [2.45, 2.75) is 0 Å². The Morgan fingerprint density at radius 1 is 1.17 bits per heavy atom. The van der Waals surface area contributed by atoms with Crippen molar-refractivity contribution >= 4 is 41.1 Å². The van der Waals surface area contributed by atoms with E-state index in [9.17, 15) is 4.79 Å². The van der Waals surface area contributed by atoms with Gasteiger partial charge in [-0.25, -0.2) is 9.78 Å². The van der Waals surface area contributed by atoms with Gasteiger partial charge in [-0.05, 0) is 30.3 Å². The Morgan fingerprint density at radius 2 is 1.83 bits per heavy atom. The SMILES string of the molecule is COc1ccc(Oc2ccc(N=C/C(Cl)=C(\Cl)C(=O)O)cn2)cc1. The van der Waals surface area contributed by atoms with Gasteiger partial charge in [0, 0.05) is 12.3 Å². The lowest BCUT2D eigenvalue weighted by molar-refractivity contribution is -0.131. The highest BCUT2D eigenvalue weighted by Crippen LogP contribution is 2.23. The van der Waals surface area contributed by atoms with Crippen LogP contribution in [0, 0.1) is 0 Å². The lowest BCUT2D eigenvalue weighted by Gasteiger charge is -2.05. The molecule has 0 aliphatic heterocycles. The number of allylic oxidation sites excluding steroid dienone is 1. The molecule has 0 bridgehead atoms. The number of aliphatic carboxylic acids is 1. The summed E-state index contributed by atoms with van der Waals surface area (Å²) >= 11 is 11.2. The first-order valence-electron chi connectivity index (χ1n) is 6.60. The maximum absolute atomic E-state index is 10.6. The molecule has 0 aliphatic carbocycles. The minimum atomic E-state index is -1.32. The molecule has 0 saturated carbocycles. The van der Waals surface area contributed by atoms with Gasteiger partial charge >= 0.3 is 5.97 Å². The fourth-order valence-corrected chi connectivity index (χ4v) is 1.74. The number of ether oxygens (including phenoxy) is 2. The molecule has 1 aromatic heterocycles. The van der Waals surface area contributed by atoms with E-state index in [1.54, 1.807) is 43.5 Å². The van der Waals surface area contributed by atoms with Gasteiger partial charge in [-0.15, -0.1) is 0 Å². The number of pyridine rings is 1. The molecule has 0 aliphatic rings. The van der Waals surface area contributed by atoms with Crippen molar-refractivity contribution < 1.29 is 19.4 Å². The first kappa shape index (κ1) is 17.8. The summed E-state index contributed by atoms with van der Waals surface area (Å²) < 4.78 is 10.6. The van der Waals surface area contributed by atoms with Crippen molar-refractivity contribution in [1.29, 1.82) is 0 Å². The summed E-state index contributed by atoms with van der Waals surface area (Å²) in [6.07, 6.45) is 2.59. The molecule has 1 aromatic carbocycles. The van der Waals surface area contributed by atoms with Gasteiger partial charge in [0.1, 0.15) is 16.5 Å². The van der Waals surface area contributed by atoms with Crippen LogP contribution in [0.3, 0.4) is 0 Å². The predicted octanol–water partition coefficient (Wildman–Crippen LogP) is 4.36. The summed E-state index contributed by atoms with van der Waals surface area (Å²) in [5, 5.41) is 8.00. The summed E-state index contributed by atoms with van der Waals surface area (Å²) in [4.78, 5) is 18.7. The van der Waals surface area contributed by atoms with E-state index in [0.29, 0.717) is 17.3 Å². The molecular formula is C16H12Cl2N2O4. The standard InChI is InChI=1S/C16H12Cl2N2O4/c1-23-11-3-5-12(6-4-11)24-14-7-2-10(8-20-14)19-9-13(17)15(18)16(21)22/h2-9H,1H3,(H,21,22)/b15-13+,19-9?.